The second-order valence-corrected chi connectivity index (χ2v) is 9.90. The lowest BCUT2D eigenvalue weighted by Gasteiger charge is -2.29. The second-order valence-electron chi connectivity index (χ2n) is 7.96. The zero-order valence-electron chi connectivity index (χ0n) is 18.9. The fourth-order valence-corrected chi connectivity index (χ4v) is 5.10. The van der Waals surface area contributed by atoms with Crippen LogP contribution in [0.5, 0.6) is 11.5 Å². The number of nitrogens with zero attached hydrogens (tertiary/aromatic N) is 2. The number of para-hydroxylation sites is 1. The summed E-state index contributed by atoms with van der Waals surface area (Å²) in [6.45, 7) is -0.0313. The molecule has 1 aliphatic heterocycles. The van der Waals surface area contributed by atoms with Gasteiger partial charge in [0.1, 0.15) is 16.4 Å². The number of amides is 1. The van der Waals surface area contributed by atoms with Crippen molar-refractivity contribution in [1.82, 2.24) is 9.29 Å². The summed E-state index contributed by atoms with van der Waals surface area (Å²) in [6.07, 6.45) is 3.46. The number of pyridine rings is 1. The van der Waals surface area contributed by atoms with Gasteiger partial charge in [0.05, 0.1) is 5.92 Å². The number of carbonyl (C=O) groups is 2. The molecule has 0 atom stereocenters. The van der Waals surface area contributed by atoms with Crippen molar-refractivity contribution in [2.24, 2.45) is 5.92 Å². The molecule has 4 rings (SSSR count). The Bertz CT molecular complexity index is 1240. The minimum Gasteiger partial charge on any atom is -0.457 e. The first kappa shape index (κ1) is 24.4. The van der Waals surface area contributed by atoms with Gasteiger partial charge in [-0.1, -0.05) is 18.2 Å². The minimum atomic E-state index is -3.65. The van der Waals surface area contributed by atoms with Crippen molar-refractivity contribution in [2.45, 2.75) is 17.7 Å². The van der Waals surface area contributed by atoms with Crippen LogP contribution in [0.1, 0.15) is 12.8 Å². The number of sulfonamides is 1. The highest BCUT2D eigenvalue weighted by Gasteiger charge is 2.33. The van der Waals surface area contributed by atoms with Crippen LogP contribution in [0.2, 0.25) is 0 Å². The van der Waals surface area contributed by atoms with E-state index in [1.165, 1.54) is 22.8 Å². The van der Waals surface area contributed by atoms with Crippen LogP contribution in [-0.4, -0.2) is 49.3 Å². The van der Waals surface area contributed by atoms with E-state index in [1.54, 1.807) is 30.3 Å². The highest BCUT2D eigenvalue weighted by Crippen LogP contribution is 2.25. The van der Waals surface area contributed by atoms with Gasteiger partial charge in [0.15, 0.2) is 6.61 Å². The lowest BCUT2D eigenvalue weighted by molar-refractivity contribution is -0.152. The van der Waals surface area contributed by atoms with Crippen LogP contribution in [0.3, 0.4) is 0 Å². The Morgan fingerprint density at radius 1 is 0.943 bits per heavy atom. The molecule has 1 N–H and O–H groups in total. The molecule has 0 saturated carbocycles. The van der Waals surface area contributed by atoms with Gasteiger partial charge in [-0.3, -0.25) is 14.6 Å². The Balaban J connectivity index is 1.21. The molecular formula is C25H25N3O6S. The Morgan fingerprint density at radius 2 is 1.63 bits per heavy atom. The zero-order chi connectivity index (χ0) is 24.7. The molecular weight excluding hydrogens is 470 g/mol. The molecule has 1 amide bonds. The van der Waals surface area contributed by atoms with Crippen molar-refractivity contribution in [3.8, 4) is 11.5 Å². The van der Waals surface area contributed by atoms with Crippen molar-refractivity contribution in [2.75, 3.05) is 25.0 Å². The molecule has 1 aromatic heterocycles. The SMILES string of the molecule is O=C(COC(=O)C1CCN(S(=O)(=O)c2cccnc2)CC1)Nc1ccc(Oc2ccccc2)cc1. The molecule has 3 aromatic rings. The van der Waals surface area contributed by atoms with Gasteiger partial charge in [-0.25, -0.2) is 8.42 Å². The summed E-state index contributed by atoms with van der Waals surface area (Å²) in [5.41, 5.74) is 0.542. The Hall–Kier alpha value is -3.76. The normalized spacial score (nSPS) is 14.7. The van der Waals surface area contributed by atoms with Gasteiger partial charge in [-0.05, 0) is 61.4 Å². The lowest BCUT2D eigenvalue weighted by Crippen LogP contribution is -2.40. The van der Waals surface area contributed by atoms with E-state index in [1.807, 2.05) is 30.3 Å². The van der Waals surface area contributed by atoms with Crippen molar-refractivity contribution in [3.63, 3.8) is 0 Å². The maximum atomic E-state index is 12.7. The summed E-state index contributed by atoms with van der Waals surface area (Å²) < 4.78 is 37.6. The summed E-state index contributed by atoms with van der Waals surface area (Å²) >= 11 is 0. The molecule has 0 radical (unpaired) electrons. The minimum absolute atomic E-state index is 0.123. The monoisotopic (exact) mass is 495 g/mol. The zero-order valence-corrected chi connectivity index (χ0v) is 19.7. The van der Waals surface area contributed by atoms with E-state index in [0.29, 0.717) is 30.0 Å². The van der Waals surface area contributed by atoms with Crippen LogP contribution < -0.4 is 10.1 Å². The van der Waals surface area contributed by atoms with Gasteiger partial charge >= 0.3 is 5.97 Å². The summed E-state index contributed by atoms with van der Waals surface area (Å²) in [5.74, 6) is -0.108. The van der Waals surface area contributed by atoms with Gasteiger partial charge in [-0.2, -0.15) is 4.31 Å². The quantitative estimate of drug-likeness (QED) is 0.476. The van der Waals surface area contributed by atoms with Crippen molar-refractivity contribution >= 4 is 27.6 Å². The average Bonchev–Trinajstić information content (AvgIpc) is 2.89. The molecule has 182 valence electrons. The molecule has 0 aliphatic carbocycles. The van der Waals surface area contributed by atoms with Crippen LogP contribution in [0, 0.1) is 5.92 Å². The lowest BCUT2D eigenvalue weighted by atomic mass is 9.98. The van der Waals surface area contributed by atoms with Crippen LogP contribution in [0.25, 0.3) is 0 Å². The van der Waals surface area contributed by atoms with E-state index >= 15 is 0 Å². The van der Waals surface area contributed by atoms with E-state index in [-0.39, 0.29) is 18.0 Å². The van der Waals surface area contributed by atoms with Crippen LogP contribution in [0.4, 0.5) is 5.69 Å². The summed E-state index contributed by atoms with van der Waals surface area (Å²) in [5, 5.41) is 2.67. The third kappa shape index (κ3) is 6.43. The van der Waals surface area contributed by atoms with E-state index in [9.17, 15) is 18.0 Å². The summed E-state index contributed by atoms with van der Waals surface area (Å²) in [7, 11) is -3.65. The number of aromatic nitrogens is 1. The highest BCUT2D eigenvalue weighted by molar-refractivity contribution is 7.89. The number of piperidine rings is 1. The molecule has 0 spiro atoms. The molecule has 2 aromatic carbocycles. The number of carbonyl (C=O) groups excluding carboxylic acids is 2. The number of rotatable bonds is 8. The fourth-order valence-electron chi connectivity index (χ4n) is 3.66. The maximum absolute atomic E-state index is 12.7. The van der Waals surface area contributed by atoms with Crippen LogP contribution in [-0.2, 0) is 24.3 Å². The van der Waals surface area contributed by atoms with Gasteiger partial charge in [0.25, 0.3) is 5.91 Å². The Kier molecular flexibility index (Phi) is 7.74. The second kappa shape index (κ2) is 11.1. The molecule has 1 aliphatic rings. The fraction of sp³-hybridized carbons (Fsp3) is 0.240. The summed E-state index contributed by atoms with van der Waals surface area (Å²) in [4.78, 5) is 28.6. The average molecular weight is 496 g/mol. The third-order valence-corrected chi connectivity index (χ3v) is 7.40. The molecule has 35 heavy (non-hydrogen) atoms. The molecule has 1 fully saturated rings. The number of hydrogen-bond acceptors (Lipinski definition) is 7. The number of nitrogens with one attached hydrogen (secondary N) is 1. The molecule has 1 saturated heterocycles. The molecule has 9 nitrogen and oxygen atoms in total. The van der Waals surface area contributed by atoms with Gasteiger partial charge in [0.2, 0.25) is 10.0 Å². The number of anilines is 1. The molecule has 0 unspecified atom stereocenters. The van der Waals surface area contributed by atoms with Crippen molar-refractivity contribution in [1.29, 1.82) is 0 Å². The highest BCUT2D eigenvalue weighted by atomic mass is 32.2. The standard InChI is InChI=1S/C25H25N3O6S/c29-24(27-20-8-10-22(11-9-20)34-21-5-2-1-3-6-21)18-33-25(30)19-12-15-28(16-13-19)35(31,32)23-7-4-14-26-17-23/h1-11,14,17,19H,12-13,15-16,18H2,(H,27,29). The number of esters is 1. The van der Waals surface area contributed by atoms with Crippen LogP contribution >= 0.6 is 0 Å². The smallest absolute Gasteiger partial charge is 0.309 e. The van der Waals surface area contributed by atoms with Crippen molar-refractivity contribution in [3.05, 3.63) is 79.1 Å². The first-order chi connectivity index (χ1) is 16.9. The predicted molar refractivity (Wildman–Crippen MR) is 128 cm³/mol. The third-order valence-electron chi connectivity index (χ3n) is 5.52. The Morgan fingerprint density at radius 3 is 2.29 bits per heavy atom. The first-order valence-electron chi connectivity index (χ1n) is 11.1. The maximum Gasteiger partial charge on any atom is 0.309 e. The predicted octanol–water partition coefficient (Wildman–Crippen LogP) is 3.46. The number of ether oxygens (including phenoxy) is 2. The largest absolute Gasteiger partial charge is 0.457 e. The van der Waals surface area contributed by atoms with E-state index in [4.69, 9.17) is 9.47 Å². The molecule has 10 heteroatoms. The van der Waals surface area contributed by atoms with E-state index in [2.05, 4.69) is 10.3 Å². The van der Waals surface area contributed by atoms with E-state index in [0.717, 1.165) is 0 Å². The van der Waals surface area contributed by atoms with Crippen LogP contribution in [0.15, 0.2) is 84.0 Å². The topological polar surface area (TPSA) is 115 Å². The van der Waals surface area contributed by atoms with Crippen molar-refractivity contribution < 1.29 is 27.5 Å². The van der Waals surface area contributed by atoms with Gasteiger partial charge < -0.3 is 14.8 Å². The summed E-state index contributed by atoms with van der Waals surface area (Å²) in [6, 6.07) is 19.2. The van der Waals surface area contributed by atoms with Gasteiger partial charge in [0, 0.05) is 31.2 Å². The number of hydrogen-bond donors (Lipinski definition) is 1. The van der Waals surface area contributed by atoms with Gasteiger partial charge in [-0.15, -0.1) is 0 Å². The first-order valence-corrected chi connectivity index (χ1v) is 12.6. The van der Waals surface area contributed by atoms with E-state index < -0.39 is 34.4 Å². The molecule has 0 bridgehead atoms. The molecule has 2 heterocycles. The Labute approximate surface area is 203 Å². The number of benzene rings is 2.